The van der Waals surface area contributed by atoms with Gasteiger partial charge < -0.3 is 14.8 Å². The lowest BCUT2D eigenvalue weighted by atomic mass is 10.1. The molecule has 4 nitrogen and oxygen atoms in total. The van der Waals surface area contributed by atoms with E-state index >= 15 is 0 Å². The number of hydrogen-bond acceptors (Lipinski definition) is 3. The van der Waals surface area contributed by atoms with Crippen LogP contribution in [-0.2, 0) is 11.0 Å². The average molecular weight is 407 g/mol. The van der Waals surface area contributed by atoms with Crippen LogP contribution in [0.25, 0.3) is 6.08 Å². The lowest BCUT2D eigenvalue weighted by molar-refractivity contribution is -0.137. The molecule has 2 aromatic rings. The third-order valence-electron chi connectivity index (χ3n) is 4.03. The highest BCUT2D eigenvalue weighted by Crippen LogP contribution is 2.31. The fraction of sp³-hybridized carbons (Fsp3) is 0.318. The van der Waals surface area contributed by atoms with E-state index in [1.165, 1.54) is 25.3 Å². The summed E-state index contributed by atoms with van der Waals surface area (Å²) < 4.78 is 49.3. The first-order valence-corrected chi connectivity index (χ1v) is 9.16. The first-order valence-electron chi connectivity index (χ1n) is 9.16. The lowest BCUT2D eigenvalue weighted by Crippen LogP contribution is -2.10. The Morgan fingerprint density at radius 2 is 1.90 bits per heavy atom. The molecule has 0 aromatic heterocycles. The summed E-state index contributed by atoms with van der Waals surface area (Å²) in [7, 11) is 1.53. The van der Waals surface area contributed by atoms with Crippen LogP contribution in [0.3, 0.4) is 0 Å². The van der Waals surface area contributed by atoms with Crippen molar-refractivity contribution in [1.82, 2.24) is 0 Å². The number of amides is 1. The van der Waals surface area contributed by atoms with Gasteiger partial charge >= 0.3 is 6.18 Å². The van der Waals surface area contributed by atoms with Crippen molar-refractivity contribution in [2.45, 2.75) is 26.4 Å². The number of anilines is 1. The Bertz CT molecular complexity index is 861. The largest absolute Gasteiger partial charge is 0.493 e. The molecule has 29 heavy (non-hydrogen) atoms. The number of nitrogens with one attached hydrogen (secondary N) is 1. The zero-order chi connectivity index (χ0) is 21.4. The van der Waals surface area contributed by atoms with Crippen LogP contribution < -0.4 is 14.8 Å². The highest BCUT2D eigenvalue weighted by atomic mass is 19.4. The smallest absolute Gasteiger partial charge is 0.416 e. The van der Waals surface area contributed by atoms with E-state index < -0.39 is 17.6 Å². The van der Waals surface area contributed by atoms with Crippen LogP contribution in [0.5, 0.6) is 11.5 Å². The van der Waals surface area contributed by atoms with Gasteiger partial charge in [-0.1, -0.05) is 26.0 Å². The van der Waals surface area contributed by atoms with Gasteiger partial charge in [-0.05, 0) is 54.3 Å². The van der Waals surface area contributed by atoms with E-state index in [-0.39, 0.29) is 5.69 Å². The van der Waals surface area contributed by atoms with Gasteiger partial charge in [-0.3, -0.25) is 4.79 Å². The fourth-order valence-corrected chi connectivity index (χ4v) is 2.44. The van der Waals surface area contributed by atoms with Gasteiger partial charge in [0.1, 0.15) is 0 Å². The molecule has 2 aromatic carbocycles. The van der Waals surface area contributed by atoms with E-state index in [4.69, 9.17) is 9.47 Å². The first kappa shape index (κ1) is 22.3. The molecule has 156 valence electrons. The van der Waals surface area contributed by atoms with E-state index in [1.54, 1.807) is 24.3 Å². The number of rotatable bonds is 8. The van der Waals surface area contributed by atoms with E-state index in [2.05, 4.69) is 19.2 Å². The molecule has 0 radical (unpaired) electrons. The SMILES string of the molecule is COc1cc(C=CC(=O)Nc2cccc(C(F)(F)F)c2)ccc1OCCC(C)C. The van der Waals surface area contributed by atoms with Gasteiger partial charge in [-0.15, -0.1) is 0 Å². The van der Waals surface area contributed by atoms with Crippen molar-refractivity contribution in [3.63, 3.8) is 0 Å². The summed E-state index contributed by atoms with van der Waals surface area (Å²) in [5.74, 6) is 1.13. The molecule has 0 saturated carbocycles. The highest BCUT2D eigenvalue weighted by molar-refractivity contribution is 6.02. The summed E-state index contributed by atoms with van der Waals surface area (Å²) >= 11 is 0. The first-order chi connectivity index (χ1) is 13.7. The molecular weight excluding hydrogens is 383 g/mol. The Kier molecular flexibility index (Phi) is 7.70. The Morgan fingerprint density at radius 3 is 2.55 bits per heavy atom. The Labute approximate surface area is 168 Å². The number of carbonyl (C=O) groups excluding carboxylic acids is 1. The minimum absolute atomic E-state index is 0.0703. The maximum absolute atomic E-state index is 12.7. The minimum atomic E-state index is -4.47. The molecule has 0 aliphatic carbocycles. The molecule has 0 bridgehead atoms. The molecule has 0 heterocycles. The van der Waals surface area contributed by atoms with Gasteiger partial charge in [0.05, 0.1) is 19.3 Å². The third kappa shape index (κ3) is 7.18. The topological polar surface area (TPSA) is 47.6 Å². The van der Waals surface area contributed by atoms with E-state index in [9.17, 15) is 18.0 Å². The fourth-order valence-electron chi connectivity index (χ4n) is 2.44. The van der Waals surface area contributed by atoms with Crippen molar-refractivity contribution < 1.29 is 27.4 Å². The second kappa shape index (κ2) is 10.0. The van der Waals surface area contributed by atoms with Gasteiger partial charge in [0, 0.05) is 11.8 Å². The molecule has 0 atom stereocenters. The number of alkyl halides is 3. The Morgan fingerprint density at radius 1 is 1.14 bits per heavy atom. The third-order valence-corrected chi connectivity index (χ3v) is 4.03. The minimum Gasteiger partial charge on any atom is -0.493 e. The van der Waals surface area contributed by atoms with Gasteiger partial charge in [-0.2, -0.15) is 13.2 Å². The van der Waals surface area contributed by atoms with Gasteiger partial charge in [-0.25, -0.2) is 0 Å². The second-order valence-corrected chi connectivity index (χ2v) is 6.84. The monoisotopic (exact) mass is 407 g/mol. The molecule has 0 aliphatic heterocycles. The molecule has 0 fully saturated rings. The van der Waals surface area contributed by atoms with Gasteiger partial charge in [0.2, 0.25) is 5.91 Å². The van der Waals surface area contributed by atoms with Crippen molar-refractivity contribution in [2.75, 3.05) is 19.0 Å². The highest BCUT2D eigenvalue weighted by Gasteiger charge is 2.30. The number of benzene rings is 2. The van der Waals surface area contributed by atoms with Crippen molar-refractivity contribution in [1.29, 1.82) is 0 Å². The van der Waals surface area contributed by atoms with Crippen LogP contribution in [0, 0.1) is 5.92 Å². The second-order valence-electron chi connectivity index (χ2n) is 6.84. The lowest BCUT2D eigenvalue weighted by Gasteiger charge is -2.12. The number of ether oxygens (including phenoxy) is 2. The number of carbonyl (C=O) groups is 1. The quantitative estimate of drug-likeness (QED) is 0.564. The maximum Gasteiger partial charge on any atom is 0.416 e. The predicted molar refractivity (Wildman–Crippen MR) is 107 cm³/mol. The zero-order valence-corrected chi connectivity index (χ0v) is 16.5. The molecule has 0 spiro atoms. The van der Waals surface area contributed by atoms with Crippen LogP contribution in [-0.4, -0.2) is 19.6 Å². The van der Waals surface area contributed by atoms with Crippen LogP contribution in [0.4, 0.5) is 18.9 Å². The summed E-state index contributed by atoms with van der Waals surface area (Å²) in [6.45, 7) is 4.79. The van der Waals surface area contributed by atoms with Crippen LogP contribution >= 0.6 is 0 Å². The molecular formula is C22H24F3NO3. The van der Waals surface area contributed by atoms with E-state index in [0.29, 0.717) is 29.6 Å². The Hall–Kier alpha value is -2.96. The van der Waals surface area contributed by atoms with Crippen LogP contribution in [0.15, 0.2) is 48.5 Å². The summed E-state index contributed by atoms with van der Waals surface area (Å²) in [5, 5.41) is 2.42. The number of methoxy groups -OCH3 is 1. The van der Waals surface area contributed by atoms with E-state index in [0.717, 1.165) is 18.6 Å². The molecule has 0 saturated heterocycles. The summed E-state index contributed by atoms with van der Waals surface area (Å²) in [6.07, 6.45) is -0.760. The van der Waals surface area contributed by atoms with E-state index in [1.807, 2.05) is 0 Å². The molecule has 1 N–H and O–H groups in total. The molecule has 1 amide bonds. The zero-order valence-electron chi connectivity index (χ0n) is 16.5. The predicted octanol–water partition coefficient (Wildman–Crippen LogP) is 5.79. The Balaban J connectivity index is 2.02. The normalized spacial score (nSPS) is 11.7. The van der Waals surface area contributed by atoms with Crippen molar-refractivity contribution >= 4 is 17.7 Å². The molecule has 2 rings (SSSR count). The average Bonchev–Trinajstić information content (AvgIpc) is 2.66. The van der Waals surface area contributed by atoms with Gasteiger partial charge in [0.25, 0.3) is 0 Å². The maximum atomic E-state index is 12.7. The molecule has 0 aliphatic rings. The van der Waals surface area contributed by atoms with Crippen molar-refractivity contribution in [3.05, 3.63) is 59.7 Å². The molecule has 7 heteroatoms. The summed E-state index contributed by atoms with van der Waals surface area (Å²) in [5.41, 5.74) is -0.0599. The van der Waals surface area contributed by atoms with Crippen molar-refractivity contribution in [3.8, 4) is 11.5 Å². The summed E-state index contributed by atoms with van der Waals surface area (Å²) in [6, 6.07) is 9.71. The van der Waals surface area contributed by atoms with Crippen molar-refractivity contribution in [2.24, 2.45) is 5.92 Å². The number of hydrogen-bond donors (Lipinski definition) is 1. The standard InChI is InChI=1S/C22H24F3NO3/c1-15(2)11-12-29-19-9-7-16(13-20(19)28-3)8-10-21(27)26-18-6-4-5-17(14-18)22(23,24)25/h4-10,13-15H,11-12H2,1-3H3,(H,26,27). The molecule has 0 unspecified atom stereocenters. The van der Waals surface area contributed by atoms with Crippen LogP contribution in [0.1, 0.15) is 31.4 Å². The summed E-state index contributed by atoms with van der Waals surface area (Å²) in [4.78, 5) is 12.0. The number of halogens is 3. The van der Waals surface area contributed by atoms with Gasteiger partial charge in [0.15, 0.2) is 11.5 Å². The van der Waals surface area contributed by atoms with Crippen LogP contribution in [0.2, 0.25) is 0 Å².